The van der Waals surface area contributed by atoms with Crippen LogP contribution in [0.2, 0.25) is 0 Å². The molecule has 1 atom stereocenters. The number of aromatic amines is 1. The summed E-state index contributed by atoms with van der Waals surface area (Å²) in [4.78, 5) is 23.2. The highest BCUT2D eigenvalue weighted by Crippen LogP contribution is 2.32. The number of carboxylic acids is 1. The molecule has 2 aliphatic rings. The van der Waals surface area contributed by atoms with Crippen molar-refractivity contribution in [3.63, 3.8) is 0 Å². The number of hydrogen-bond acceptors (Lipinski definition) is 6. The van der Waals surface area contributed by atoms with Crippen LogP contribution in [0.4, 0.5) is 17.3 Å². The molecule has 3 N–H and O–H groups in total. The van der Waals surface area contributed by atoms with Gasteiger partial charge in [-0.05, 0) is 50.8 Å². The Morgan fingerprint density at radius 2 is 2.16 bits per heavy atom. The van der Waals surface area contributed by atoms with E-state index in [1.165, 1.54) is 0 Å². The van der Waals surface area contributed by atoms with E-state index in [0.717, 1.165) is 53.7 Å². The van der Waals surface area contributed by atoms with Crippen molar-refractivity contribution in [1.82, 2.24) is 20.2 Å². The number of carboxylic acid groups (broad SMARTS) is 1. The molecule has 1 aliphatic carbocycles. The summed E-state index contributed by atoms with van der Waals surface area (Å²) in [5.41, 5.74) is 3.59. The van der Waals surface area contributed by atoms with Gasteiger partial charge in [0.1, 0.15) is 11.9 Å². The van der Waals surface area contributed by atoms with Gasteiger partial charge in [0.05, 0.1) is 5.52 Å². The SMILES string of the molecule is Cc1cc(Nc2nc(C3=CCCC=C3)nc3cc(N4CCC[C@@H]4C(=O)O)ccc23)n[nH]1. The molecule has 0 spiro atoms. The van der Waals surface area contributed by atoms with Gasteiger partial charge in [-0.25, -0.2) is 14.8 Å². The molecule has 8 heteroatoms. The maximum Gasteiger partial charge on any atom is 0.326 e. The number of aromatic nitrogens is 4. The molecule has 1 fully saturated rings. The third kappa shape index (κ3) is 3.76. The van der Waals surface area contributed by atoms with Crippen molar-refractivity contribution in [1.29, 1.82) is 0 Å². The van der Waals surface area contributed by atoms with Crippen LogP contribution in [0, 0.1) is 6.92 Å². The van der Waals surface area contributed by atoms with E-state index in [9.17, 15) is 9.90 Å². The topological polar surface area (TPSA) is 107 Å². The highest BCUT2D eigenvalue weighted by atomic mass is 16.4. The molecule has 3 heterocycles. The molecule has 158 valence electrons. The number of anilines is 3. The van der Waals surface area contributed by atoms with Crippen LogP contribution in [0.1, 0.15) is 37.2 Å². The summed E-state index contributed by atoms with van der Waals surface area (Å²) >= 11 is 0. The van der Waals surface area contributed by atoms with Crippen LogP contribution >= 0.6 is 0 Å². The third-order valence-electron chi connectivity index (χ3n) is 5.76. The number of carbonyl (C=O) groups is 1. The maximum atomic E-state index is 11.7. The van der Waals surface area contributed by atoms with E-state index in [-0.39, 0.29) is 0 Å². The van der Waals surface area contributed by atoms with E-state index in [1.54, 1.807) is 0 Å². The number of rotatable bonds is 5. The Kier molecular flexibility index (Phi) is 4.89. The van der Waals surface area contributed by atoms with Crippen molar-refractivity contribution in [3.8, 4) is 0 Å². The molecular formula is C23H24N6O2. The first-order chi connectivity index (χ1) is 15.1. The van der Waals surface area contributed by atoms with Gasteiger partial charge >= 0.3 is 5.97 Å². The number of aliphatic carboxylic acids is 1. The van der Waals surface area contributed by atoms with Crippen molar-refractivity contribution in [2.75, 3.05) is 16.8 Å². The average Bonchev–Trinajstić information content (AvgIpc) is 3.43. The molecule has 0 saturated carbocycles. The molecule has 2 aromatic heterocycles. The fourth-order valence-electron chi connectivity index (χ4n) is 4.24. The number of fused-ring (bicyclic) bond motifs is 1. The predicted molar refractivity (Wildman–Crippen MR) is 121 cm³/mol. The van der Waals surface area contributed by atoms with Crippen LogP contribution in [-0.2, 0) is 4.79 Å². The Labute approximate surface area is 179 Å². The van der Waals surface area contributed by atoms with E-state index >= 15 is 0 Å². The standard InChI is InChI=1S/C23H24N6O2/c1-14-12-20(28-27-14)25-22-17-10-9-16(29-11-5-8-19(29)23(30)31)13-18(17)24-21(26-22)15-6-3-2-4-7-15/h3,6-7,9-10,12-13,19H,2,4-5,8,11H2,1H3,(H,30,31)(H2,24,25,26,27,28)/t19-/m1/s1. The minimum atomic E-state index is -0.783. The number of allylic oxidation sites excluding steroid dienone is 4. The first-order valence-electron chi connectivity index (χ1n) is 10.6. The molecule has 0 radical (unpaired) electrons. The molecule has 8 nitrogen and oxygen atoms in total. The average molecular weight is 416 g/mol. The second-order valence-electron chi connectivity index (χ2n) is 7.99. The molecule has 1 aromatic carbocycles. The highest BCUT2D eigenvalue weighted by molar-refractivity contribution is 5.94. The minimum Gasteiger partial charge on any atom is -0.480 e. The molecule has 0 amide bonds. The van der Waals surface area contributed by atoms with Gasteiger partial charge in [0.2, 0.25) is 0 Å². The zero-order chi connectivity index (χ0) is 21.4. The van der Waals surface area contributed by atoms with Gasteiger partial charge in [0, 0.05) is 35.0 Å². The van der Waals surface area contributed by atoms with Gasteiger partial charge in [0.25, 0.3) is 0 Å². The molecule has 3 aromatic rings. The van der Waals surface area contributed by atoms with Gasteiger partial charge in [-0.3, -0.25) is 5.10 Å². The lowest BCUT2D eigenvalue weighted by Crippen LogP contribution is -2.35. The van der Waals surface area contributed by atoms with E-state index in [2.05, 4.69) is 33.7 Å². The molecule has 1 saturated heterocycles. The Hall–Kier alpha value is -3.68. The van der Waals surface area contributed by atoms with Gasteiger partial charge in [-0.2, -0.15) is 5.10 Å². The number of nitrogens with zero attached hydrogens (tertiary/aromatic N) is 4. The van der Waals surface area contributed by atoms with Crippen LogP contribution in [-0.4, -0.2) is 43.8 Å². The van der Waals surface area contributed by atoms with Crippen molar-refractivity contribution in [3.05, 3.63) is 54.0 Å². The molecule has 0 unspecified atom stereocenters. The summed E-state index contributed by atoms with van der Waals surface area (Å²) in [6.45, 7) is 2.67. The second-order valence-corrected chi connectivity index (χ2v) is 7.99. The maximum absolute atomic E-state index is 11.7. The number of aryl methyl sites for hydroxylation is 1. The lowest BCUT2D eigenvalue weighted by molar-refractivity contribution is -0.138. The molecule has 1 aliphatic heterocycles. The quantitative estimate of drug-likeness (QED) is 0.572. The van der Waals surface area contributed by atoms with Crippen LogP contribution in [0.25, 0.3) is 16.5 Å². The monoisotopic (exact) mass is 416 g/mol. The van der Waals surface area contributed by atoms with E-state index < -0.39 is 12.0 Å². The molecule has 5 rings (SSSR count). The van der Waals surface area contributed by atoms with Gasteiger partial charge in [-0.1, -0.05) is 18.2 Å². The fourth-order valence-corrected chi connectivity index (χ4v) is 4.24. The Morgan fingerprint density at radius 1 is 1.26 bits per heavy atom. The summed E-state index contributed by atoms with van der Waals surface area (Å²) < 4.78 is 0. The van der Waals surface area contributed by atoms with Gasteiger partial charge < -0.3 is 15.3 Å². The first kappa shape index (κ1) is 19.3. The number of benzene rings is 1. The number of H-pyrrole nitrogens is 1. The minimum absolute atomic E-state index is 0.493. The lowest BCUT2D eigenvalue weighted by atomic mass is 10.1. The summed E-state index contributed by atoms with van der Waals surface area (Å²) in [6.07, 6.45) is 9.84. The van der Waals surface area contributed by atoms with E-state index in [0.29, 0.717) is 23.9 Å². The third-order valence-corrected chi connectivity index (χ3v) is 5.76. The highest BCUT2D eigenvalue weighted by Gasteiger charge is 2.30. The normalized spacial score (nSPS) is 18.4. The largest absolute Gasteiger partial charge is 0.480 e. The van der Waals surface area contributed by atoms with Crippen molar-refractivity contribution >= 4 is 39.8 Å². The smallest absolute Gasteiger partial charge is 0.326 e. The van der Waals surface area contributed by atoms with E-state index in [4.69, 9.17) is 9.97 Å². The molecular weight excluding hydrogens is 392 g/mol. The fraction of sp³-hybridized carbons (Fsp3) is 0.304. The summed E-state index contributed by atoms with van der Waals surface area (Å²) in [7, 11) is 0. The van der Waals surface area contributed by atoms with Crippen LogP contribution in [0.15, 0.2) is 42.5 Å². The Balaban J connectivity index is 1.61. The zero-order valence-electron chi connectivity index (χ0n) is 17.3. The first-order valence-corrected chi connectivity index (χ1v) is 10.6. The van der Waals surface area contributed by atoms with Crippen LogP contribution in [0.3, 0.4) is 0 Å². The van der Waals surface area contributed by atoms with Crippen LogP contribution in [0.5, 0.6) is 0 Å². The van der Waals surface area contributed by atoms with Gasteiger partial charge in [-0.15, -0.1) is 0 Å². The molecule has 31 heavy (non-hydrogen) atoms. The Bertz CT molecular complexity index is 1210. The van der Waals surface area contributed by atoms with Gasteiger partial charge in [0.15, 0.2) is 11.6 Å². The summed E-state index contributed by atoms with van der Waals surface area (Å²) in [5, 5.41) is 21.0. The zero-order valence-corrected chi connectivity index (χ0v) is 17.3. The van der Waals surface area contributed by atoms with E-state index in [1.807, 2.05) is 36.1 Å². The van der Waals surface area contributed by atoms with Crippen molar-refractivity contribution < 1.29 is 9.90 Å². The second kappa shape index (κ2) is 7.86. The van der Waals surface area contributed by atoms with Crippen molar-refractivity contribution in [2.24, 2.45) is 0 Å². The molecule has 0 bridgehead atoms. The predicted octanol–water partition coefficient (Wildman–Crippen LogP) is 4.19. The lowest BCUT2D eigenvalue weighted by Gasteiger charge is -2.24. The van der Waals surface area contributed by atoms with Crippen molar-refractivity contribution in [2.45, 2.75) is 38.6 Å². The van der Waals surface area contributed by atoms with Crippen LogP contribution < -0.4 is 10.2 Å². The Morgan fingerprint density at radius 3 is 2.90 bits per heavy atom. The summed E-state index contributed by atoms with van der Waals surface area (Å²) in [5.74, 6) is 1.22. The summed E-state index contributed by atoms with van der Waals surface area (Å²) in [6, 6.07) is 7.30. The number of hydrogen-bond donors (Lipinski definition) is 3. The number of nitrogens with one attached hydrogen (secondary N) is 2.